The van der Waals surface area contributed by atoms with Gasteiger partial charge in [-0.1, -0.05) is 0 Å². The summed E-state index contributed by atoms with van der Waals surface area (Å²) in [5, 5.41) is 0. The summed E-state index contributed by atoms with van der Waals surface area (Å²) in [6, 6.07) is 1.94. The van der Waals surface area contributed by atoms with Crippen molar-refractivity contribution in [2.45, 2.75) is 25.9 Å². The summed E-state index contributed by atoms with van der Waals surface area (Å²) < 4.78 is 13.0. The fourth-order valence-electron chi connectivity index (χ4n) is 3.73. The number of fused-ring (bicyclic) bond motifs is 1. The number of morpholine rings is 1. The highest BCUT2D eigenvalue weighted by Gasteiger charge is 2.35. The molecule has 1 atom stereocenters. The first-order valence-electron chi connectivity index (χ1n) is 8.77. The zero-order valence-electron chi connectivity index (χ0n) is 14.8. The molecule has 7 heteroatoms. The van der Waals surface area contributed by atoms with Gasteiger partial charge in [-0.25, -0.2) is 4.98 Å². The lowest BCUT2D eigenvalue weighted by molar-refractivity contribution is 0.0180. The number of hydrogen-bond acceptors (Lipinski definition) is 5. The molecule has 25 heavy (non-hydrogen) atoms. The Morgan fingerprint density at radius 3 is 2.88 bits per heavy atom. The van der Waals surface area contributed by atoms with Crippen molar-refractivity contribution >= 4 is 5.91 Å². The summed E-state index contributed by atoms with van der Waals surface area (Å²) in [6.45, 7) is 6.63. The Labute approximate surface area is 147 Å². The van der Waals surface area contributed by atoms with Crippen LogP contribution in [0.5, 0.6) is 0 Å². The topological polar surface area (TPSA) is 63.7 Å². The third-order valence-corrected chi connectivity index (χ3v) is 5.23. The number of ether oxygens (including phenoxy) is 1. The van der Waals surface area contributed by atoms with Gasteiger partial charge < -0.3 is 18.6 Å². The predicted molar refractivity (Wildman–Crippen MR) is 91.3 cm³/mol. The fourth-order valence-corrected chi connectivity index (χ4v) is 3.73. The van der Waals surface area contributed by atoms with E-state index < -0.39 is 0 Å². The van der Waals surface area contributed by atoms with Gasteiger partial charge >= 0.3 is 0 Å². The third-order valence-electron chi connectivity index (χ3n) is 5.23. The number of furan rings is 1. The number of aryl methyl sites for hydroxylation is 2. The Morgan fingerprint density at radius 1 is 1.36 bits per heavy atom. The number of carbonyl (C=O) groups is 1. The first kappa shape index (κ1) is 16.4. The SMILES string of the molecule is Cc1ccoc1C(=O)N1Cc2ncn(C)c2C[C@@H]1CN1CCOCC1. The molecule has 4 heterocycles. The van der Waals surface area contributed by atoms with Crippen molar-refractivity contribution in [3.8, 4) is 0 Å². The quantitative estimate of drug-likeness (QED) is 0.838. The molecule has 1 fully saturated rings. The van der Waals surface area contributed by atoms with E-state index in [-0.39, 0.29) is 11.9 Å². The van der Waals surface area contributed by atoms with Gasteiger partial charge in [0.05, 0.1) is 44.1 Å². The highest BCUT2D eigenvalue weighted by molar-refractivity contribution is 5.93. The minimum Gasteiger partial charge on any atom is -0.459 e. The Kier molecular flexibility index (Phi) is 4.35. The number of aromatic nitrogens is 2. The van der Waals surface area contributed by atoms with E-state index in [0.717, 1.165) is 50.5 Å². The van der Waals surface area contributed by atoms with Crippen LogP contribution in [0, 0.1) is 6.92 Å². The van der Waals surface area contributed by atoms with Crippen molar-refractivity contribution in [2.24, 2.45) is 7.05 Å². The number of amides is 1. The molecule has 0 aromatic carbocycles. The van der Waals surface area contributed by atoms with Crippen LogP contribution in [0.2, 0.25) is 0 Å². The van der Waals surface area contributed by atoms with E-state index in [9.17, 15) is 4.79 Å². The van der Waals surface area contributed by atoms with Crippen molar-refractivity contribution in [1.29, 1.82) is 0 Å². The van der Waals surface area contributed by atoms with Crippen LogP contribution in [0.3, 0.4) is 0 Å². The maximum atomic E-state index is 13.1. The van der Waals surface area contributed by atoms with E-state index >= 15 is 0 Å². The Bertz CT molecular complexity index is 760. The molecule has 2 aliphatic heterocycles. The maximum absolute atomic E-state index is 13.1. The molecule has 134 valence electrons. The van der Waals surface area contributed by atoms with Crippen LogP contribution in [0.25, 0.3) is 0 Å². The second-order valence-corrected chi connectivity index (χ2v) is 6.89. The highest BCUT2D eigenvalue weighted by atomic mass is 16.5. The lowest BCUT2D eigenvalue weighted by Gasteiger charge is -2.39. The number of imidazole rings is 1. The standard InChI is InChI=1S/C18H24N4O3/c1-13-3-6-25-17(13)18(23)22-11-15-16(20(2)12-19-15)9-14(22)10-21-4-7-24-8-5-21/h3,6,12,14H,4-5,7-11H2,1-2H3/t14-/m1/s1. The number of rotatable bonds is 3. The van der Waals surface area contributed by atoms with Crippen LogP contribution in [-0.4, -0.2) is 64.1 Å². The first-order chi connectivity index (χ1) is 12.1. The summed E-state index contributed by atoms with van der Waals surface area (Å²) in [4.78, 5) is 21.9. The van der Waals surface area contributed by atoms with E-state index in [1.807, 2.05) is 31.3 Å². The Balaban J connectivity index is 1.61. The molecule has 2 aliphatic rings. The van der Waals surface area contributed by atoms with Gasteiger partial charge in [0.15, 0.2) is 5.76 Å². The third kappa shape index (κ3) is 3.09. The molecule has 0 N–H and O–H groups in total. The van der Waals surface area contributed by atoms with Crippen LogP contribution in [-0.2, 0) is 24.8 Å². The van der Waals surface area contributed by atoms with Crippen LogP contribution < -0.4 is 0 Å². The van der Waals surface area contributed by atoms with E-state index in [4.69, 9.17) is 9.15 Å². The molecular formula is C18H24N4O3. The second kappa shape index (κ2) is 6.65. The normalized spacial score (nSPS) is 21.4. The van der Waals surface area contributed by atoms with E-state index in [0.29, 0.717) is 12.3 Å². The van der Waals surface area contributed by atoms with E-state index in [1.165, 1.54) is 5.69 Å². The largest absolute Gasteiger partial charge is 0.459 e. The van der Waals surface area contributed by atoms with Gasteiger partial charge in [-0.2, -0.15) is 0 Å². The summed E-state index contributed by atoms with van der Waals surface area (Å²) in [5.74, 6) is 0.392. The van der Waals surface area contributed by atoms with Crippen LogP contribution in [0.1, 0.15) is 27.5 Å². The Morgan fingerprint density at radius 2 is 2.16 bits per heavy atom. The van der Waals surface area contributed by atoms with Gasteiger partial charge in [0.25, 0.3) is 5.91 Å². The van der Waals surface area contributed by atoms with Crippen molar-refractivity contribution in [3.05, 3.63) is 41.4 Å². The van der Waals surface area contributed by atoms with Gasteiger partial charge in [-0.15, -0.1) is 0 Å². The molecule has 0 aliphatic carbocycles. The summed E-state index contributed by atoms with van der Waals surface area (Å²) in [7, 11) is 2.02. The maximum Gasteiger partial charge on any atom is 0.290 e. The molecule has 0 bridgehead atoms. The highest BCUT2D eigenvalue weighted by Crippen LogP contribution is 2.26. The monoisotopic (exact) mass is 344 g/mol. The van der Waals surface area contributed by atoms with Gasteiger partial charge in [0.1, 0.15) is 0 Å². The molecule has 1 saturated heterocycles. The zero-order chi connectivity index (χ0) is 17.4. The molecule has 0 unspecified atom stereocenters. The van der Waals surface area contributed by atoms with Crippen molar-refractivity contribution in [2.75, 3.05) is 32.8 Å². The molecule has 1 amide bonds. The average molecular weight is 344 g/mol. The van der Waals surface area contributed by atoms with Gasteiger partial charge in [0.2, 0.25) is 0 Å². The van der Waals surface area contributed by atoms with E-state index in [2.05, 4.69) is 14.5 Å². The van der Waals surface area contributed by atoms with Gasteiger partial charge in [-0.05, 0) is 13.0 Å². The smallest absolute Gasteiger partial charge is 0.290 e. The lowest BCUT2D eigenvalue weighted by atomic mass is 10.0. The number of hydrogen-bond donors (Lipinski definition) is 0. The molecule has 4 rings (SSSR count). The fraction of sp³-hybridized carbons (Fsp3) is 0.556. The van der Waals surface area contributed by atoms with E-state index in [1.54, 1.807) is 6.26 Å². The minimum absolute atomic E-state index is 0.0444. The molecule has 7 nitrogen and oxygen atoms in total. The van der Waals surface area contributed by atoms with Crippen LogP contribution in [0.15, 0.2) is 23.1 Å². The van der Waals surface area contributed by atoms with Crippen LogP contribution >= 0.6 is 0 Å². The predicted octanol–water partition coefficient (Wildman–Crippen LogP) is 1.22. The van der Waals surface area contributed by atoms with Crippen molar-refractivity contribution < 1.29 is 13.9 Å². The molecular weight excluding hydrogens is 320 g/mol. The van der Waals surface area contributed by atoms with Gasteiger partial charge in [0, 0.05) is 44.4 Å². The average Bonchev–Trinajstić information content (AvgIpc) is 3.21. The van der Waals surface area contributed by atoms with Crippen molar-refractivity contribution in [1.82, 2.24) is 19.4 Å². The minimum atomic E-state index is -0.0444. The first-order valence-corrected chi connectivity index (χ1v) is 8.77. The molecule has 0 spiro atoms. The molecule has 2 aromatic rings. The number of nitrogens with zero attached hydrogens (tertiary/aromatic N) is 4. The summed E-state index contributed by atoms with van der Waals surface area (Å²) in [5.41, 5.74) is 3.08. The summed E-state index contributed by atoms with van der Waals surface area (Å²) in [6.07, 6.45) is 4.23. The number of carbonyl (C=O) groups excluding carboxylic acids is 1. The second-order valence-electron chi connectivity index (χ2n) is 6.89. The van der Waals surface area contributed by atoms with Gasteiger partial charge in [-0.3, -0.25) is 9.69 Å². The molecule has 0 saturated carbocycles. The summed E-state index contributed by atoms with van der Waals surface area (Å²) >= 11 is 0. The molecule has 0 radical (unpaired) electrons. The Hall–Kier alpha value is -2.12. The zero-order valence-corrected chi connectivity index (χ0v) is 14.8. The molecule has 2 aromatic heterocycles. The lowest BCUT2D eigenvalue weighted by Crippen LogP contribution is -2.52. The van der Waals surface area contributed by atoms with Crippen molar-refractivity contribution in [3.63, 3.8) is 0 Å². The van der Waals surface area contributed by atoms with Crippen LogP contribution in [0.4, 0.5) is 0 Å².